The predicted octanol–water partition coefficient (Wildman–Crippen LogP) is 5.57. The fourth-order valence-corrected chi connectivity index (χ4v) is 4.59. The summed E-state index contributed by atoms with van der Waals surface area (Å²) in [5, 5.41) is 3.86. The largest absolute Gasteiger partial charge is 0.497 e. The highest BCUT2D eigenvalue weighted by molar-refractivity contribution is 7.99. The van der Waals surface area contributed by atoms with Gasteiger partial charge in [-0.05, 0) is 42.7 Å². The maximum Gasteiger partial charge on any atom is 0.242 e. The Bertz CT molecular complexity index is 873. The standard InChI is InChI=1S/C24H30Cl2N2O3S/c1-4-13-27-24(30)22(5-2)28(14-19-20(25)7-6-8-21(19)26)23(29)16-32-15-17-9-11-18(31-3)12-10-17/h6-12,22H,4-5,13-16H2,1-3H3,(H,27,30)/t22-/m1/s1. The van der Waals surface area contributed by atoms with Gasteiger partial charge in [-0.2, -0.15) is 0 Å². The molecule has 0 heterocycles. The molecule has 2 aromatic carbocycles. The number of hydrogen-bond donors (Lipinski definition) is 1. The van der Waals surface area contributed by atoms with Gasteiger partial charge in [0.2, 0.25) is 11.8 Å². The van der Waals surface area contributed by atoms with Crippen molar-refractivity contribution in [3.05, 3.63) is 63.6 Å². The summed E-state index contributed by atoms with van der Waals surface area (Å²) in [6.45, 7) is 4.63. The number of halogens is 2. The molecule has 0 aliphatic heterocycles. The van der Waals surface area contributed by atoms with Crippen molar-refractivity contribution in [2.45, 2.75) is 45.0 Å². The normalized spacial score (nSPS) is 11.7. The maximum absolute atomic E-state index is 13.3. The highest BCUT2D eigenvalue weighted by Gasteiger charge is 2.29. The second kappa shape index (κ2) is 13.6. The van der Waals surface area contributed by atoms with E-state index in [9.17, 15) is 9.59 Å². The topological polar surface area (TPSA) is 58.6 Å². The summed E-state index contributed by atoms with van der Waals surface area (Å²) < 4.78 is 5.18. The first-order valence-corrected chi connectivity index (χ1v) is 12.5. The van der Waals surface area contributed by atoms with Crippen molar-refractivity contribution in [1.29, 1.82) is 0 Å². The molecule has 1 atom stereocenters. The number of rotatable bonds is 12. The van der Waals surface area contributed by atoms with Gasteiger partial charge in [0, 0.05) is 34.5 Å². The summed E-state index contributed by atoms with van der Waals surface area (Å²) >= 11 is 14.2. The van der Waals surface area contributed by atoms with E-state index in [4.69, 9.17) is 27.9 Å². The molecule has 1 N–H and O–H groups in total. The van der Waals surface area contributed by atoms with Crippen LogP contribution in [0.3, 0.4) is 0 Å². The van der Waals surface area contributed by atoms with Crippen molar-refractivity contribution in [3.63, 3.8) is 0 Å². The van der Waals surface area contributed by atoms with Crippen LogP contribution >= 0.6 is 35.0 Å². The van der Waals surface area contributed by atoms with E-state index in [-0.39, 0.29) is 24.1 Å². The molecular formula is C24H30Cl2N2O3S. The van der Waals surface area contributed by atoms with Gasteiger partial charge in [-0.3, -0.25) is 9.59 Å². The maximum atomic E-state index is 13.3. The molecule has 2 rings (SSSR count). The summed E-state index contributed by atoms with van der Waals surface area (Å²) in [5.74, 6) is 1.42. The van der Waals surface area contributed by atoms with Gasteiger partial charge in [0.25, 0.3) is 0 Å². The average Bonchev–Trinajstić information content (AvgIpc) is 2.79. The Morgan fingerprint density at radius 3 is 2.31 bits per heavy atom. The number of methoxy groups -OCH3 is 1. The monoisotopic (exact) mass is 496 g/mol. The molecule has 0 spiro atoms. The Balaban J connectivity index is 2.15. The Labute approximate surface area is 204 Å². The first-order valence-electron chi connectivity index (χ1n) is 10.6. The zero-order chi connectivity index (χ0) is 23.5. The molecule has 0 aliphatic rings. The Morgan fingerprint density at radius 2 is 1.75 bits per heavy atom. The number of benzene rings is 2. The Hall–Kier alpha value is -1.89. The lowest BCUT2D eigenvalue weighted by molar-refractivity contribution is -0.139. The lowest BCUT2D eigenvalue weighted by Crippen LogP contribution is -2.49. The SMILES string of the molecule is CCCNC(=O)[C@@H](CC)N(Cc1c(Cl)cccc1Cl)C(=O)CSCc1ccc(OC)cc1. The molecule has 0 unspecified atom stereocenters. The second-order valence-corrected chi connectivity index (χ2v) is 9.08. The third kappa shape index (κ3) is 7.61. The van der Waals surface area contributed by atoms with Crippen molar-refractivity contribution in [2.75, 3.05) is 19.4 Å². The molecule has 0 aliphatic carbocycles. The molecule has 0 bridgehead atoms. The zero-order valence-electron chi connectivity index (χ0n) is 18.7. The van der Waals surface area contributed by atoms with Gasteiger partial charge in [0.15, 0.2) is 0 Å². The molecule has 5 nitrogen and oxygen atoms in total. The minimum atomic E-state index is -0.594. The molecule has 0 saturated heterocycles. The zero-order valence-corrected chi connectivity index (χ0v) is 21.0. The van der Waals surface area contributed by atoms with E-state index in [0.717, 1.165) is 17.7 Å². The number of carbonyl (C=O) groups excluding carboxylic acids is 2. The fourth-order valence-electron chi connectivity index (χ4n) is 3.20. The van der Waals surface area contributed by atoms with Gasteiger partial charge in [0.05, 0.1) is 12.9 Å². The van der Waals surface area contributed by atoms with E-state index < -0.39 is 6.04 Å². The first kappa shape index (κ1) is 26.4. The van der Waals surface area contributed by atoms with Gasteiger partial charge in [0.1, 0.15) is 11.8 Å². The molecular weight excluding hydrogens is 467 g/mol. The van der Waals surface area contributed by atoms with Gasteiger partial charge < -0.3 is 15.0 Å². The van der Waals surface area contributed by atoms with E-state index in [1.807, 2.05) is 38.1 Å². The third-order valence-electron chi connectivity index (χ3n) is 4.98. The van der Waals surface area contributed by atoms with Crippen LogP contribution in [-0.2, 0) is 21.9 Å². The smallest absolute Gasteiger partial charge is 0.242 e. The van der Waals surface area contributed by atoms with Crippen LogP contribution in [-0.4, -0.2) is 42.2 Å². The number of nitrogens with one attached hydrogen (secondary N) is 1. The first-order chi connectivity index (χ1) is 15.4. The Morgan fingerprint density at radius 1 is 1.09 bits per heavy atom. The van der Waals surface area contributed by atoms with E-state index in [1.54, 1.807) is 30.2 Å². The molecule has 32 heavy (non-hydrogen) atoms. The molecule has 0 saturated carbocycles. The van der Waals surface area contributed by atoms with Crippen molar-refractivity contribution < 1.29 is 14.3 Å². The lowest BCUT2D eigenvalue weighted by Gasteiger charge is -2.31. The van der Waals surface area contributed by atoms with Crippen LogP contribution < -0.4 is 10.1 Å². The van der Waals surface area contributed by atoms with Crippen LogP contribution in [0.25, 0.3) is 0 Å². The number of ether oxygens (including phenoxy) is 1. The minimum absolute atomic E-state index is 0.127. The van der Waals surface area contributed by atoms with Crippen LogP contribution in [0.2, 0.25) is 10.0 Å². The fraction of sp³-hybridized carbons (Fsp3) is 0.417. The summed E-state index contributed by atoms with van der Waals surface area (Å²) in [7, 11) is 1.63. The molecule has 0 aromatic heterocycles. The molecule has 0 radical (unpaired) electrons. The summed E-state index contributed by atoms with van der Waals surface area (Å²) in [6, 6.07) is 12.4. The number of thioether (sulfide) groups is 1. The quantitative estimate of drug-likeness (QED) is 0.417. The van der Waals surface area contributed by atoms with Crippen molar-refractivity contribution >= 4 is 46.8 Å². The second-order valence-electron chi connectivity index (χ2n) is 7.28. The number of nitrogens with zero attached hydrogens (tertiary/aromatic N) is 1. The molecule has 174 valence electrons. The molecule has 8 heteroatoms. The highest BCUT2D eigenvalue weighted by atomic mass is 35.5. The summed E-state index contributed by atoms with van der Waals surface area (Å²) in [4.78, 5) is 27.7. The van der Waals surface area contributed by atoms with Crippen molar-refractivity contribution in [1.82, 2.24) is 10.2 Å². The van der Waals surface area contributed by atoms with Crippen molar-refractivity contribution in [2.24, 2.45) is 0 Å². The van der Waals surface area contributed by atoms with Crippen LogP contribution in [0.4, 0.5) is 0 Å². The van der Waals surface area contributed by atoms with Gasteiger partial charge in [-0.1, -0.05) is 55.2 Å². The minimum Gasteiger partial charge on any atom is -0.497 e. The molecule has 2 amide bonds. The molecule has 0 fully saturated rings. The lowest BCUT2D eigenvalue weighted by atomic mass is 10.1. The van der Waals surface area contributed by atoms with Crippen LogP contribution in [0.15, 0.2) is 42.5 Å². The van der Waals surface area contributed by atoms with Crippen LogP contribution in [0.1, 0.15) is 37.8 Å². The van der Waals surface area contributed by atoms with E-state index >= 15 is 0 Å². The average molecular weight is 497 g/mol. The highest BCUT2D eigenvalue weighted by Crippen LogP contribution is 2.27. The number of carbonyl (C=O) groups is 2. The van der Waals surface area contributed by atoms with E-state index in [0.29, 0.717) is 34.3 Å². The van der Waals surface area contributed by atoms with Crippen LogP contribution in [0.5, 0.6) is 5.75 Å². The Kier molecular flexibility index (Phi) is 11.2. The van der Waals surface area contributed by atoms with E-state index in [1.165, 1.54) is 11.8 Å². The van der Waals surface area contributed by atoms with Gasteiger partial charge >= 0.3 is 0 Å². The summed E-state index contributed by atoms with van der Waals surface area (Å²) in [6.07, 6.45) is 1.32. The van der Waals surface area contributed by atoms with Crippen LogP contribution in [0, 0.1) is 0 Å². The van der Waals surface area contributed by atoms with Gasteiger partial charge in [-0.15, -0.1) is 11.8 Å². The third-order valence-corrected chi connectivity index (χ3v) is 6.68. The van der Waals surface area contributed by atoms with E-state index in [2.05, 4.69) is 5.32 Å². The van der Waals surface area contributed by atoms with Gasteiger partial charge in [-0.25, -0.2) is 0 Å². The molecule has 2 aromatic rings. The van der Waals surface area contributed by atoms with Crippen molar-refractivity contribution in [3.8, 4) is 5.75 Å². The number of hydrogen-bond acceptors (Lipinski definition) is 4. The predicted molar refractivity (Wildman–Crippen MR) is 134 cm³/mol. The number of amides is 2. The summed E-state index contributed by atoms with van der Waals surface area (Å²) in [5.41, 5.74) is 1.74.